The molecule has 3 N–H and O–H groups in total. The molecule has 0 aliphatic rings. The Bertz CT molecular complexity index is 501. The van der Waals surface area contributed by atoms with E-state index in [9.17, 15) is 17.6 Å². The predicted octanol–water partition coefficient (Wildman–Crippen LogP) is -0.564. The number of likely N-dealkylation sites (N-methyl/N-ethyl adjacent to an activating group) is 1. The molecular weight excluding hydrogens is 249 g/mol. The number of hydrogen-bond donors (Lipinski definition) is 2. The van der Waals surface area contributed by atoms with E-state index >= 15 is 0 Å². The summed E-state index contributed by atoms with van der Waals surface area (Å²) in [7, 11) is -2.58. The molecule has 17 heavy (non-hydrogen) atoms. The third kappa shape index (κ3) is 3.22. The first-order chi connectivity index (χ1) is 7.87. The minimum Gasteiger partial charge on any atom is -0.293 e. The van der Waals surface area contributed by atoms with Crippen LogP contribution in [0.5, 0.6) is 0 Å². The van der Waals surface area contributed by atoms with Crippen molar-refractivity contribution < 1.29 is 17.6 Å². The van der Waals surface area contributed by atoms with Gasteiger partial charge in [-0.15, -0.1) is 0 Å². The average molecular weight is 261 g/mol. The molecule has 0 aliphatic heterocycles. The number of amides is 1. The molecule has 0 heterocycles. The minimum absolute atomic E-state index is 0.0915. The molecule has 0 saturated carbocycles. The molecule has 6 nitrogen and oxygen atoms in total. The zero-order valence-corrected chi connectivity index (χ0v) is 9.87. The molecule has 1 amide bonds. The first kappa shape index (κ1) is 13.6. The Morgan fingerprint density at radius 3 is 2.41 bits per heavy atom. The number of benzene rings is 1. The largest absolute Gasteiger partial charge is 0.293 e. The Kier molecular flexibility index (Phi) is 4.16. The fourth-order valence-electron chi connectivity index (χ4n) is 1.12. The number of hydrogen-bond acceptors (Lipinski definition) is 4. The number of rotatable bonds is 4. The summed E-state index contributed by atoms with van der Waals surface area (Å²) in [6.07, 6.45) is 0. The summed E-state index contributed by atoms with van der Waals surface area (Å²) in [6, 6.07) is 4.32. The molecule has 1 aromatic carbocycles. The van der Waals surface area contributed by atoms with Crippen molar-refractivity contribution in [1.29, 1.82) is 0 Å². The lowest BCUT2D eigenvalue weighted by atomic mass is 10.4. The summed E-state index contributed by atoms with van der Waals surface area (Å²) >= 11 is 0. The van der Waals surface area contributed by atoms with Gasteiger partial charge in [-0.2, -0.15) is 4.31 Å². The summed E-state index contributed by atoms with van der Waals surface area (Å²) in [5.74, 6) is 3.68. The molecular formula is C9H12FN3O3S. The van der Waals surface area contributed by atoms with Crippen LogP contribution >= 0.6 is 0 Å². The van der Waals surface area contributed by atoms with Crippen LogP contribution in [0.2, 0.25) is 0 Å². The van der Waals surface area contributed by atoms with Gasteiger partial charge >= 0.3 is 0 Å². The molecule has 8 heteroatoms. The lowest BCUT2D eigenvalue weighted by Gasteiger charge is -2.15. The van der Waals surface area contributed by atoms with Crippen LogP contribution in [0.1, 0.15) is 0 Å². The van der Waals surface area contributed by atoms with Crippen molar-refractivity contribution in [3.05, 3.63) is 30.1 Å². The van der Waals surface area contributed by atoms with E-state index < -0.39 is 28.3 Å². The van der Waals surface area contributed by atoms with Crippen molar-refractivity contribution in [2.45, 2.75) is 4.90 Å². The molecule has 0 saturated heterocycles. The van der Waals surface area contributed by atoms with Crippen LogP contribution in [-0.2, 0) is 14.8 Å². The molecule has 0 fully saturated rings. The fourth-order valence-corrected chi connectivity index (χ4v) is 2.25. The number of halogens is 1. The van der Waals surface area contributed by atoms with Crippen LogP contribution in [0.4, 0.5) is 4.39 Å². The monoisotopic (exact) mass is 261 g/mol. The molecule has 0 aliphatic carbocycles. The summed E-state index contributed by atoms with van der Waals surface area (Å²) < 4.78 is 37.2. The van der Waals surface area contributed by atoms with Crippen molar-refractivity contribution in [3.63, 3.8) is 0 Å². The van der Waals surface area contributed by atoms with Gasteiger partial charge in [-0.25, -0.2) is 18.7 Å². The van der Waals surface area contributed by atoms with Gasteiger partial charge in [0.1, 0.15) is 5.82 Å². The Labute approximate surface area is 98.2 Å². The van der Waals surface area contributed by atoms with Gasteiger partial charge in [-0.1, -0.05) is 0 Å². The summed E-state index contributed by atoms with van der Waals surface area (Å²) in [6.45, 7) is -0.407. The van der Waals surface area contributed by atoms with Crippen molar-refractivity contribution in [1.82, 2.24) is 9.73 Å². The summed E-state index contributed by atoms with van der Waals surface area (Å²) in [4.78, 5) is 10.9. The smallest absolute Gasteiger partial charge is 0.249 e. The van der Waals surface area contributed by atoms with E-state index in [1.165, 1.54) is 7.05 Å². The van der Waals surface area contributed by atoms with Crippen LogP contribution < -0.4 is 11.3 Å². The molecule has 0 atom stereocenters. The molecule has 0 spiro atoms. The predicted molar refractivity (Wildman–Crippen MR) is 58.5 cm³/mol. The Morgan fingerprint density at radius 1 is 1.41 bits per heavy atom. The van der Waals surface area contributed by atoms with E-state index in [0.29, 0.717) is 0 Å². The van der Waals surface area contributed by atoms with Gasteiger partial charge in [0.05, 0.1) is 11.4 Å². The number of nitrogens with two attached hydrogens (primary N) is 1. The van der Waals surface area contributed by atoms with Crippen molar-refractivity contribution >= 4 is 15.9 Å². The van der Waals surface area contributed by atoms with Gasteiger partial charge in [0.2, 0.25) is 15.9 Å². The number of hydrazine groups is 1. The molecule has 0 radical (unpaired) electrons. The standard InChI is InChI=1S/C9H12FN3O3S/c1-13(6-9(14)12-11)17(15,16)8-4-2-7(10)3-5-8/h2-5H,6,11H2,1H3,(H,12,14). The van der Waals surface area contributed by atoms with E-state index in [-0.39, 0.29) is 4.90 Å². The third-order valence-corrected chi connectivity index (χ3v) is 3.87. The maximum Gasteiger partial charge on any atom is 0.249 e. The van der Waals surface area contributed by atoms with Crippen LogP contribution in [0, 0.1) is 5.82 Å². The van der Waals surface area contributed by atoms with Crippen LogP contribution in [0.3, 0.4) is 0 Å². The van der Waals surface area contributed by atoms with Crippen LogP contribution in [0.25, 0.3) is 0 Å². The SMILES string of the molecule is CN(CC(=O)NN)S(=O)(=O)c1ccc(F)cc1. The van der Waals surface area contributed by atoms with Crippen molar-refractivity contribution in [2.75, 3.05) is 13.6 Å². The topological polar surface area (TPSA) is 92.5 Å². The van der Waals surface area contributed by atoms with E-state index in [0.717, 1.165) is 28.6 Å². The fraction of sp³-hybridized carbons (Fsp3) is 0.222. The highest BCUT2D eigenvalue weighted by molar-refractivity contribution is 7.89. The normalized spacial score (nSPS) is 11.5. The van der Waals surface area contributed by atoms with E-state index in [2.05, 4.69) is 0 Å². The first-order valence-corrected chi connectivity index (χ1v) is 6.03. The molecule has 0 aromatic heterocycles. The summed E-state index contributed by atoms with van der Waals surface area (Å²) in [5.41, 5.74) is 1.82. The van der Waals surface area contributed by atoms with Crippen LogP contribution in [-0.4, -0.2) is 32.2 Å². The van der Waals surface area contributed by atoms with Gasteiger partial charge in [0.15, 0.2) is 0 Å². The van der Waals surface area contributed by atoms with Crippen LogP contribution in [0.15, 0.2) is 29.2 Å². The average Bonchev–Trinajstić information content (AvgIpc) is 2.29. The van der Waals surface area contributed by atoms with E-state index in [1.54, 1.807) is 0 Å². The summed E-state index contributed by atoms with van der Waals surface area (Å²) in [5, 5.41) is 0. The Morgan fingerprint density at radius 2 is 1.94 bits per heavy atom. The third-order valence-electron chi connectivity index (χ3n) is 2.05. The zero-order valence-electron chi connectivity index (χ0n) is 9.05. The highest BCUT2D eigenvalue weighted by Gasteiger charge is 2.22. The zero-order chi connectivity index (χ0) is 13.1. The second kappa shape index (κ2) is 5.21. The second-order valence-electron chi connectivity index (χ2n) is 3.28. The quantitative estimate of drug-likeness (QED) is 0.431. The highest BCUT2D eigenvalue weighted by atomic mass is 32.2. The molecule has 0 unspecified atom stereocenters. The lowest BCUT2D eigenvalue weighted by Crippen LogP contribution is -2.41. The number of carbonyl (C=O) groups is 1. The molecule has 1 rings (SSSR count). The number of carbonyl (C=O) groups excluding carboxylic acids is 1. The first-order valence-electron chi connectivity index (χ1n) is 4.59. The molecule has 0 bridgehead atoms. The number of nitrogens with one attached hydrogen (secondary N) is 1. The van der Waals surface area contributed by atoms with E-state index in [4.69, 9.17) is 5.84 Å². The van der Waals surface area contributed by atoms with Gasteiger partial charge in [-0.3, -0.25) is 10.2 Å². The van der Waals surface area contributed by atoms with Gasteiger partial charge in [-0.05, 0) is 24.3 Å². The van der Waals surface area contributed by atoms with Gasteiger partial charge in [0.25, 0.3) is 0 Å². The minimum atomic E-state index is -3.81. The molecule has 1 aromatic rings. The Balaban J connectivity index is 2.95. The second-order valence-corrected chi connectivity index (χ2v) is 5.33. The lowest BCUT2D eigenvalue weighted by molar-refractivity contribution is -0.121. The van der Waals surface area contributed by atoms with Crippen molar-refractivity contribution in [3.8, 4) is 0 Å². The maximum absolute atomic E-state index is 12.7. The van der Waals surface area contributed by atoms with Gasteiger partial charge < -0.3 is 0 Å². The maximum atomic E-state index is 12.7. The van der Waals surface area contributed by atoms with Crippen molar-refractivity contribution in [2.24, 2.45) is 5.84 Å². The molecule has 94 valence electrons. The highest BCUT2D eigenvalue weighted by Crippen LogP contribution is 2.14. The van der Waals surface area contributed by atoms with Gasteiger partial charge in [0, 0.05) is 7.05 Å². The van der Waals surface area contributed by atoms with E-state index in [1.807, 2.05) is 5.43 Å². The Hall–Kier alpha value is -1.51. The number of nitrogens with zero attached hydrogens (tertiary/aromatic N) is 1. The number of sulfonamides is 1.